The second-order valence-corrected chi connectivity index (χ2v) is 7.11. The molecule has 0 radical (unpaired) electrons. The quantitative estimate of drug-likeness (QED) is 0.215. The zero-order valence-electron chi connectivity index (χ0n) is 14.1. The van der Waals surface area contributed by atoms with Crippen LogP contribution in [0.25, 0.3) is 0 Å². The van der Waals surface area contributed by atoms with Gasteiger partial charge in [-0.05, 0) is 58.5 Å². The van der Waals surface area contributed by atoms with E-state index in [0.29, 0.717) is 3.57 Å². The third-order valence-corrected chi connectivity index (χ3v) is 4.56. The molecule has 9 heteroatoms. The average molecular weight is 500 g/mol. The molecule has 0 heterocycles. The fourth-order valence-electron chi connectivity index (χ4n) is 2.63. The van der Waals surface area contributed by atoms with Crippen LogP contribution in [0.3, 0.4) is 0 Å². The highest BCUT2D eigenvalue weighted by Crippen LogP contribution is 2.37. The Labute approximate surface area is 171 Å². The van der Waals surface area contributed by atoms with E-state index in [1.54, 1.807) is 6.07 Å². The number of rotatable bonds is 5. The van der Waals surface area contributed by atoms with Crippen LogP contribution in [0.5, 0.6) is 11.5 Å². The molecule has 3 aromatic carbocycles. The number of hydrogen-bond donors (Lipinski definition) is 1. The molecule has 3 aromatic rings. The maximum Gasteiger partial charge on any atom is 0.315 e. The van der Waals surface area contributed by atoms with Crippen molar-refractivity contribution in [3.8, 4) is 11.5 Å². The number of nitrogens with two attached hydrogens (primary N) is 1. The number of benzene rings is 3. The van der Waals surface area contributed by atoms with Crippen molar-refractivity contribution in [3.05, 3.63) is 90.8 Å². The van der Waals surface area contributed by atoms with Crippen LogP contribution < -0.4 is 10.5 Å². The molecule has 0 aromatic heterocycles. The zero-order chi connectivity index (χ0) is 20.4. The predicted molar refractivity (Wildman–Crippen MR) is 106 cm³/mol. The molecule has 0 saturated heterocycles. The van der Waals surface area contributed by atoms with Gasteiger partial charge in [0, 0.05) is 27.7 Å². The number of nitro groups is 1. The Balaban J connectivity index is 2.05. The fourth-order valence-corrected chi connectivity index (χ4v) is 3.08. The first-order valence-electron chi connectivity index (χ1n) is 7.88. The molecule has 5 nitrogen and oxygen atoms in total. The Morgan fingerprint density at radius 3 is 2.39 bits per heavy atom. The van der Waals surface area contributed by atoms with E-state index in [1.165, 1.54) is 18.2 Å². The van der Waals surface area contributed by atoms with Crippen LogP contribution in [0.15, 0.2) is 48.5 Å². The van der Waals surface area contributed by atoms with Crippen LogP contribution in [-0.2, 0) is 6.42 Å². The van der Waals surface area contributed by atoms with E-state index >= 15 is 0 Å². The monoisotopic (exact) mass is 500 g/mol. The maximum atomic E-state index is 14.2. The van der Waals surface area contributed by atoms with Gasteiger partial charge in [-0.2, -0.15) is 0 Å². The predicted octanol–water partition coefficient (Wildman–Crippen LogP) is 5.58. The van der Waals surface area contributed by atoms with Crippen molar-refractivity contribution in [3.63, 3.8) is 0 Å². The molecule has 0 aliphatic carbocycles. The summed E-state index contributed by atoms with van der Waals surface area (Å²) in [4.78, 5) is 10.9. The summed E-state index contributed by atoms with van der Waals surface area (Å²) in [6.07, 6.45) is -0.210. The summed E-state index contributed by atoms with van der Waals surface area (Å²) < 4.78 is 47.6. The number of ether oxygens (including phenoxy) is 1. The highest BCUT2D eigenvalue weighted by molar-refractivity contribution is 14.1. The van der Waals surface area contributed by atoms with E-state index in [1.807, 2.05) is 22.6 Å². The van der Waals surface area contributed by atoms with Crippen molar-refractivity contribution >= 4 is 34.0 Å². The van der Waals surface area contributed by atoms with E-state index in [4.69, 9.17) is 10.5 Å². The van der Waals surface area contributed by atoms with Gasteiger partial charge in [-0.1, -0.05) is 6.07 Å². The summed E-state index contributed by atoms with van der Waals surface area (Å²) in [6.45, 7) is 0. The Kier molecular flexibility index (Phi) is 5.73. The van der Waals surface area contributed by atoms with Gasteiger partial charge in [0.1, 0.15) is 23.2 Å². The lowest BCUT2D eigenvalue weighted by Gasteiger charge is -2.11. The number of nitro benzene ring substituents is 1. The van der Waals surface area contributed by atoms with Crippen LogP contribution in [0, 0.1) is 31.1 Å². The summed E-state index contributed by atoms with van der Waals surface area (Å²) in [5.74, 6) is -2.43. The Hall–Kier alpha value is -2.82. The van der Waals surface area contributed by atoms with Gasteiger partial charge >= 0.3 is 5.69 Å². The lowest BCUT2D eigenvalue weighted by atomic mass is 10.0. The van der Waals surface area contributed by atoms with Crippen molar-refractivity contribution in [2.45, 2.75) is 6.42 Å². The molecule has 144 valence electrons. The molecule has 0 saturated carbocycles. The zero-order valence-corrected chi connectivity index (χ0v) is 16.2. The first kappa shape index (κ1) is 19.9. The van der Waals surface area contributed by atoms with Gasteiger partial charge in [0.2, 0.25) is 5.75 Å². The van der Waals surface area contributed by atoms with Gasteiger partial charge in [-0.15, -0.1) is 0 Å². The molecule has 0 bridgehead atoms. The summed E-state index contributed by atoms with van der Waals surface area (Å²) in [5.41, 5.74) is 4.83. The average Bonchev–Trinajstić information content (AvgIpc) is 2.60. The molecule has 0 amide bonds. The van der Waals surface area contributed by atoms with E-state index in [9.17, 15) is 23.3 Å². The second-order valence-electron chi connectivity index (χ2n) is 5.87. The molecule has 0 unspecified atom stereocenters. The van der Waals surface area contributed by atoms with Gasteiger partial charge in [-0.3, -0.25) is 10.1 Å². The highest BCUT2D eigenvalue weighted by atomic mass is 127. The number of halogens is 4. The van der Waals surface area contributed by atoms with Crippen molar-refractivity contribution in [1.82, 2.24) is 0 Å². The van der Waals surface area contributed by atoms with Gasteiger partial charge in [-0.25, -0.2) is 13.2 Å². The van der Waals surface area contributed by atoms with Gasteiger partial charge in [0.25, 0.3) is 0 Å². The van der Waals surface area contributed by atoms with Gasteiger partial charge < -0.3 is 10.5 Å². The van der Waals surface area contributed by atoms with Crippen LogP contribution >= 0.6 is 22.6 Å². The largest absolute Gasteiger partial charge is 0.450 e. The minimum atomic E-state index is -0.795. The standard InChI is InChI=1S/C19H12F3IN2O3/c20-12-6-11(5-10-1-2-13(23)8-16(10)22)19(25(26)27)18(7-12)28-14-3-4-15(21)17(24)9-14/h1-4,6-9H,5,24H2. The van der Waals surface area contributed by atoms with Crippen molar-refractivity contribution in [2.24, 2.45) is 0 Å². The lowest BCUT2D eigenvalue weighted by Crippen LogP contribution is -2.03. The summed E-state index contributed by atoms with van der Waals surface area (Å²) >= 11 is 1.93. The molecular formula is C19H12F3IN2O3. The molecule has 3 rings (SSSR count). The number of anilines is 1. The van der Waals surface area contributed by atoms with Crippen molar-refractivity contribution in [1.29, 1.82) is 0 Å². The molecule has 0 aliphatic heterocycles. The molecular weight excluding hydrogens is 488 g/mol. The third kappa shape index (κ3) is 4.35. The van der Waals surface area contributed by atoms with E-state index < -0.39 is 33.8 Å². The Morgan fingerprint density at radius 1 is 1.00 bits per heavy atom. The van der Waals surface area contributed by atoms with Crippen molar-refractivity contribution in [2.75, 3.05) is 5.73 Å². The molecule has 0 aliphatic rings. The SMILES string of the molecule is Nc1cc(Oc2cc(F)cc(Cc3ccc(I)cc3F)c2[N+](=O)[O-])ccc1F. The lowest BCUT2D eigenvalue weighted by molar-refractivity contribution is -0.386. The molecule has 0 fully saturated rings. The molecule has 2 N–H and O–H groups in total. The van der Waals surface area contributed by atoms with Gasteiger partial charge in [0.15, 0.2) is 0 Å². The summed E-state index contributed by atoms with van der Waals surface area (Å²) in [5, 5.41) is 11.6. The molecule has 28 heavy (non-hydrogen) atoms. The minimum absolute atomic E-state index is 0.000930. The van der Waals surface area contributed by atoms with Crippen LogP contribution in [0.1, 0.15) is 11.1 Å². The van der Waals surface area contributed by atoms with Crippen molar-refractivity contribution < 1.29 is 22.8 Å². The van der Waals surface area contributed by atoms with Gasteiger partial charge in [0.05, 0.1) is 10.6 Å². The number of hydrogen-bond acceptors (Lipinski definition) is 4. The van der Waals surface area contributed by atoms with E-state index in [-0.39, 0.29) is 29.0 Å². The smallest absolute Gasteiger partial charge is 0.315 e. The van der Waals surface area contributed by atoms with Crippen LogP contribution in [0.4, 0.5) is 24.5 Å². The van der Waals surface area contributed by atoms with E-state index in [0.717, 1.165) is 24.3 Å². The minimum Gasteiger partial charge on any atom is -0.450 e. The number of nitrogen functional groups attached to an aromatic ring is 1. The first-order valence-corrected chi connectivity index (χ1v) is 8.96. The highest BCUT2D eigenvalue weighted by Gasteiger charge is 2.24. The summed E-state index contributed by atoms with van der Waals surface area (Å²) in [6, 6.07) is 9.56. The third-order valence-electron chi connectivity index (χ3n) is 3.89. The Bertz CT molecular complexity index is 1080. The molecule has 0 atom stereocenters. The van der Waals surface area contributed by atoms with Crippen LogP contribution in [-0.4, -0.2) is 4.92 Å². The second kappa shape index (κ2) is 8.05. The summed E-state index contributed by atoms with van der Waals surface area (Å²) in [7, 11) is 0. The molecule has 0 spiro atoms. The first-order chi connectivity index (χ1) is 13.2. The maximum absolute atomic E-state index is 14.2. The fraction of sp³-hybridized carbons (Fsp3) is 0.0526. The normalized spacial score (nSPS) is 10.7. The number of nitrogens with zero attached hydrogens (tertiary/aromatic N) is 1. The van der Waals surface area contributed by atoms with Crippen LogP contribution in [0.2, 0.25) is 0 Å². The van der Waals surface area contributed by atoms with E-state index in [2.05, 4.69) is 0 Å². The Morgan fingerprint density at radius 2 is 1.75 bits per heavy atom. The topological polar surface area (TPSA) is 78.4 Å².